The minimum Gasteiger partial charge on any atom is -0.330 e. The van der Waals surface area contributed by atoms with Crippen LogP contribution >= 0.6 is 11.1 Å². The summed E-state index contributed by atoms with van der Waals surface area (Å²) in [4.78, 5) is 0. The maximum Gasteiger partial charge on any atom is 0.156 e. The SMILES string of the molecule is NCCC[Si](Cl)(CCCN)CCCN. The van der Waals surface area contributed by atoms with E-state index in [1.54, 1.807) is 0 Å². The van der Waals surface area contributed by atoms with E-state index in [1.165, 1.54) is 0 Å². The molecule has 0 aliphatic rings. The molecule has 0 saturated carbocycles. The van der Waals surface area contributed by atoms with Crippen molar-refractivity contribution in [3.05, 3.63) is 0 Å². The summed E-state index contributed by atoms with van der Waals surface area (Å²) in [6.07, 6.45) is 3.14. The van der Waals surface area contributed by atoms with E-state index in [1.807, 2.05) is 0 Å². The topological polar surface area (TPSA) is 78.1 Å². The predicted octanol–water partition coefficient (Wildman–Crippen LogP) is 1.22. The zero-order valence-corrected chi connectivity index (χ0v) is 10.7. The maximum atomic E-state index is 6.65. The quantitative estimate of drug-likeness (QED) is 0.417. The third-order valence-electron chi connectivity index (χ3n) is 2.49. The fourth-order valence-corrected chi connectivity index (χ4v) is 6.10. The van der Waals surface area contributed by atoms with Crippen molar-refractivity contribution in [1.29, 1.82) is 0 Å². The molecule has 3 nitrogen and oxygen atoms in total. The number of hydrogen-bond donors (Lipinski definition) is 3. The standard InChI is InChI=1S/C9H24ClN3Si/c10-14(7-1-4-11,8-2-5-12)9-3-6-13/h1-9,11-13H2. The van der Waals surface area contributed by atoms with Crippen LogP contribution in [0.1, 0.15) is 19.3 Å². The normalized spacial score (nSPS) is 12.0. The third-order valence-corrected chi connectivity index (χ3v) is 7.94. The molecule has 0 amide bonds. The van der Waals surface area contributed by atoms with Crippen LogP contribution in [0.15, 0.2) is 0 Å². The predicted molar refractivity (Wildman–Crippen MR) is 67.0 cm³/mol. The molecule has 14 heavy (non-hydrogen) atoms. The van der Waals surface area contributed by atoms with Gasteiger partial charge in [0.1, 0.15) is 0 Å². The summed E-state index contributed by atoms with van der Waals surface area (Å²) >= 11 is 6.65. The summed E-state index contributed by atoms with van der Waals surface area (Å²) in [6, 6.07) is 3.35. The van der Waals surface area contributed by atoms with Crippen molar-refractivity contribution in [2.24, 2.45) is 17.2 Å². The Balaban J connectivity index is 3.89. The van der Waals surface area contributed by atoms with Gasteiger partial charge < -0.3 is 17.2 Å². The molecule has 0 bridgehead atoms. The fraction of sp³-hybridized carbons (Fsp3) is 1.00. The van der Waals surface area contributed by atoms with E-state index in [0.29, 0.717) is 0 Å². The molecule has 0 aromatic heterocycles. The van der Waals surface area contributed by atoms with Crippen molar-refractivity contribution in [3.63, 3.8) is 0 Å². The molecule has 0 unspecified atom stereocenters. The second kappa shape index (κ2) is 8.68. The number of halogens is 1. The van der Waals surface area contributed by atoms with Crippen LogP contribution in [0, 0.1) is 0 Å². The smallest absolute Gasteiger partial charge is 0.156 e. The highest BCUT2D eigenvalue weighted by Crippen LogP contribution is 2.29. The molecule has 0 spiro atoms. The Morgan fingerprint density at radius 1 is 0.714 bits per heavy atom. The fourth-order valence-electron chi connectivity index (χ4n) is 1.63. The van der Waals surface area contributed by atoms with Crippen LogP contribution in [0.3, 0.4) is 0 Å². The molecule has 0 aromatic carbocycles. The average molecular weight is 238 g/mol. The van der Waals surface area contributed by atoms with E-state index in [-0.39, 0.29) is 0 Å². The second-order valence-electron chi connectivity index (χ2n) is 3.83. The van der Waals surface area contributed by atoms with Crippen LogP contribution in [0.2, 0.25) is 18.1 Å². The molecule has 0 heterocycles. The van der Waals surface area contributed by atoms with E-state index >= 15 is 0 Å². The Kier molecular flexibility index (Phi) is 8.92. The first-order chi connectivity index (χ1) is 6.68. The number of rotatable bonds is 9. The Bertz CT molecular complexity index is 113. The maximum absolute atomic E-state index is 6.65. The van der Waals surface area contributed by atoms with Gasteiger partial charge in [-0.25, -0.2) is 0 Å². The zero-order chi connectivity index (χ0) is 10.9. The molecule has 6 N–H and O–H groups in total. The van der Waals surface area contributed by atoms with Gasteiger partial charge in [-0.05, 0) is 57.0 Å². The molecule has 0 aromatic rings. The zero-order valence-electron chi connectivity index (χ0n) is 8.97. The molecule has 0 saturated heterocycles. The largest absolute Gasteiger partial charge is 0.330 e. The van der Waals surface area contributed by atoms with Gasteiger partial charge in [0, 0.05) is 0 Å². The molecule has 0 atom stereocenters. The lowest BCUT2D eigenvalue weighted by Crippen LogP contribution is -2.29. The van der Waals surface area contributed by atoms with E-state index in [4.69, 9.17) is 28.3 Å². The Morgan fingerprint density at radius 3 is 1.21 bits per heavy atom. The first-order valence-electron chi connectivity index (χ1n) is 5.47. The van der Waals surface area contributed by atoms with Crippen molar-refractivity contribution in [3.8, 4) is 0 Å². The monoisotopic (exact) mass is 237 g/mol. The molecule has 0 aliphatic heterocycles. The van der Waals surface area contributed by atoms with Crippen LogP contribution in [-0.2, 0) is 0 Å². The summed E-state index contributed by atoms with van der Waals surface area (Å²) in [5.74, 6) is 0. The van der Waals surface area contributed by atoms with E-state index in [9.17, 15) is 0 Å². The van der Waals surface area contributed by atoms with Gasteiger partial charge >= 0.3 is 0 Å². The number of nitrogens with two attached hydrogens (primary N) is 3. The first-order valence-corrected chi connectivity index (χ1v) is 9.11. The van der Waals surface area contributed by atoms with E-state index < -0.39 is 7.38 Å². The summed E-state index contributed by atoms with van der Waals surface area (Å²) in [6.45, 7) is 2.23. The minimum atomic E-state index is -1.58. The summed E-state index contributed by atoms with van der Waals surface area (Å²) in [5.41, 5.74) is 16.5. The number of hydrogen-bond acceptors (Lipinski definition) is 3. The van der Waals surface area contributed by atoms with Gasteiger partial charge in [0.25, 0.3) is 0 Å². The highest BCUT2D eigenvalue weighted by atomic mass is 35.6. The summed E-state index contributed by atoms with van der Waals surface area (Å²) in [7, 11) is -1.58. The van der Waals surface area contributed by atoms with Gasteiger partial charge in [-0.1, -0.05) is 0 Å². The molecule has 0 fully saturated rings. The van der Waals surface area contributed by atoms with Crippen LogP contribution in [-0.4, -0.2) is 27.0 Å². The summed E-state index contributed by atoms with van der Waals surface area (Å²) < 4.78 is 0. The Labute approximate surface area is 93.1 Å². The van der Waals surface area contributed by atoms with Crippen LogP contribution in [0.25, 0.3) is 0 Å². The summed E-state index contributed by atoms with van der Waals surface area (Å²) in [5, 5.41) is 0. The molecule has 0 rings (SSSR count). The van der Waals surface area contributed by atoms with Gasteiger partial charge in [-0.15, -0.1) is 0 Å². The Hall–Kier alpha value is 0.387. The highest BCUT2D eigenvalue weighted by Gasteiger charge is 2.28. The lowest BCUT2D eigenvalue weighted by Gasteiger charge is -2.23. The molecule has 0 radical (unpaired) electrons. The van der Waals surface area contributed by atoms with E-state index in [0.717, 1.165) is 57.0 Å². The average Bonchev–Trinajstić information content (AvgIpc) is 2.21. The minimum absolute atomic E-state index is 0.743. The first kappa shape index (κ1) is 14.4. The van der Waals surface area contributed by atoms with Gasteiger partial charge in [0.2, 0.25) is 0 Å². The van der Waals surface area contributed by atoms with Crippen molar-refractivity contribution in [1.82, 2.24) is 0 Å². The second-order valence-corrected chi connectivity index (χ2v) is 10.0. The van der Waals surface area contributed by atoms with Crippen LogP contribution in [0.5, 0.6) is 0 Å². The third kappa shape index (κ3) is 6.78. The molecular formula is C9H24ClN3Si. The lowest BCUT2D eigenvalue weighted by molar-refractivity contribution is 0.846. The van der Waals surface area contributed by atoms with Crippen LogP contribution < -0.4 is 17.2 Å². The van der Waals surface area contributed by atoms with Crippen molar-refractivity contribution in [2.75, 3.05) is 19.6 Å². The van der Waals surface area contributed by atoms with Gasteiger partial charge in [0.05, 0.1) is 0 Å². The van der Waals surface area contributed by atoms with Gasteiger partial charge in [-0.2, -0.15) is 11.1 Å². The van der Waals surface area contributed by atoms with Crippen LogP contribution in [0.4, 0.5) is 0 Å². The Morgan fingerprint density at radius 2 is 1.00 bits per heavy atom. The molecular weight excluding hydrogens is 214 g/mol. The van der Waals surface area contributed by atoms with Gasteiger partial charge in [0.15, 0.2) is 7.38 Å². The molecule has 86 valence electrons. The highest BCUT2D eigenvalue weighted by molar-refractivity contribution is 7.20. The van der Waals surface area contributed by atoms with Gasteiger partial charge in [-0.3, -0.25) is 0 Å². The van der Waals surface area contributed by atoms with Crippen molar-refractivity contribution in [2.45, 2.75) is 37.4 Å². The molecule has 0 aliphatic carbocycles. The molecule has 5 heteroatoms. The van der Waals surface area contributed by atoms with Crippen molar-refractivity contribution >= 4 is 18.5 Å². The lowest BCUT2D eigenvalue weighted by atomic mass is 10.5. The van der Waals surface area contributed by atoms with E-state index in [2.05, 4.69) is 0 Å². The van der Waals surface area contributed by atoms with Crippen molar-refractivity contribution < 1.29 is 0 Å².